The van der Waals surface area contributed by atoms with E-state index in [9.17, 15) is 35.9 Å². The third kappa shape index (κ3) is 2.98. The van der Waals surface area contributed by atoms with Crippen LogP contribution < -0.4 is 0 Å². The van der Waals surface area contributed by atoms with E-state index in [1.54, 1.807) is 0 Å². The molecule has 0 spiro atoms. The van der Waals surface area contributed by atoms with Crippen molar-refractivity contribution in [2.24, 2.45) is 0 Å². The zero-order valence-corrected chi connectivity index (χ0v) is 6.11. The molecular weight excluding hydrogens is 222 g/mol. The largest absolute Gasteiger partial charge is 0.453 e. The van der Waals surface area contributed by atoms with Crippen molar-refractivity contribution in [3.05, 3.63) is 0 Å². The molecule has 0 aliphatic heterocycles. The summed E-state index contributed by atoms with van der Waals surface area (Å²) in [5, 5.41) is 8.12. The highest BCUT2D eigenvalue weighted by atomic mass is 19.4. The summed E-state index contributed by atoms with van der Waals surface area (Å²) in [5.41, 5.74) is 0. The van der Waals surface area contributed by atoms with Crippen LogP contribution in [0.3, 0.4) is 0 Å². The molecule has 0 saturated heterocycles. The van der Waals surface area contributed by atoms with Crippen molar-refractivity contribution in [2.75, 3.05) is 0 Å². The van der Waals surface area contributed by atoms with Gasteiger partial charge in [0.25, 0.3) is 11.6 Å². The summed E-state index contributed by atoms with van der Waals surface area (Å²) < 4.78 is 68.5. The number of ketones is 2. The Balaban J connectivity index is 4.74. The Hall–Kier alpha value is -1.12. The van der Waals surface area contributed by atoms with Gasteiger partial charge in [0, 0.05) is 0 Å². The van der Waals surface area contributed by atoms with Gasteiger partial charge in [-0.05, 0) is 0 Å². The molecule has 9 heteroatoms. The van der Waals surface area contributed by atoms with E-state index in [4.69, 9.17) is 5.11 Å². The zero-order chi connectivity index (χ0) is 11.7. The first-order valence-electron chi connectivity index (χ1n) is 2.88. The number of halogens is 6. The van der Waals surface area contributed by atoms with Crippen LogP contribution in [0.1, 0.15) is 0 Å². The molecule has 82 valence electrons. The second kappa shape index (κ2) is 3.56. The standard InChI is InChI=1S/C5H2F6O3/c6-4(7,8)2(13)1(12)3(14)5(9,10)11/h1,12H. The van der Waals surface area contributed by atoms with Crippen molar-refractivity contribution in [3.8, 4) is 0 Å². The van der Waals surface area contributed by atoms with Crippen LogP contribution in [0.15, 0.2) is 0 Å². The molecule has 0 rings (SSSR count). The summed E-state index contributed by atoms with van der Waals surface area (Å²) in [4.78, 5) is 19.9. The molecule has 0 aromatic rings. The predicted molar refractivity (Wildman–Crippen MR) is 28.1 cm³/mol. The van der Waals surface area contributed by atoms with E-state index in [1.165, 1.54) is 0 Å². The molecular formula is C5H2F6O3. The molecule has 0 bridgehead atoms. The van der Waals surface area contributed by atoms with Crippen LogP contribution in [0.5, 0.6) is 0 Å². The number of hydrogen-bond acceptors (Lipinski definition) is 3. The number of aliphatic hydroxyl groups excluding tert-OH is 1. The molecule has 1 N–H and O–H groups in total. The van der Waals surface area contributed by atoms with Crippen molar-refractivity contribution in [3.63, 3.8) is 0 Å². The minimum Gasteiger partial charge on any atom is -0.377 e. The van der Waals surface area contributed by atoms with Gasteiger partial charge >= 0.3 is 12.4 Å². The molecule has 0 atom stereocenters. The molecule has 3 nitrogen and oxygen atoms in total. The number of Topliss-reactive ketones (excluding diaryl/α,β-unsaturated/α-hetero) is 2. The molecule has 0 aliphatic carbocycles. The van der Waals surface area contributed by atoms with Crippen LogP contribution in [0.4, 0.5) is 26.3 Å². The normalized spacial score (nSPS) is 13.1. The Bertz CT molecular complexity index is 225. The minimum absolute atomic E-state index is 3.14. The van der Waals surface area contributed by atoms with E-state index in [-0.39, 0.29) is 0 Å². The zero-order valence-electron chi connectivity index (χ0n) is 6.11. The van der Waals surface area contributed by atoms with Gasteiger partial charge in [-0.15, -0.1) is 0 Å². The Morgan fingerprint density at radius 2 is 1.07 bits per heavy atom. The van der Waals surface area contributed by atoms with Crippen molar-refractivity contribution < 1.29 is 41.0 Å². The second-order valence-corrected chi connectivity index (χ2v) is 2.13. The Morgan fingerprint density at radius 1 is 0.857 bits per heavy atom. The molecule has 14 heavy (non-hydrogen) atoms. The summed E-state index contributed by atoms with van der Waals surface area (Å²) in [6.45, 7) is 0. The highest BCUT2D eigenvalue weighted by molar-refractivity contribution is 6.09. The molecule has 0 unspecified atom stereocenters. The maximum Gasteiger partial charge on any atom is 0.453 e. The van der Waals surface area contributed by atoms with Gasteiger partial charge in [0.15, 0.2) is 6.10 Å². The third-order valence-corrected chi connectivity index (χ3v) is 1.06. The Kier molecular flexibility index (Phi) is 3.27. The van der Waals surface area contributed by atoms with Gasteiger partial charge in [0.2, 0.25) is 0 Å². The summed E-state index contributed by atoms with van der Waals surface area (Å²) in [7, 11) is 0. The number of aliphatic hydroxyl groups is 1. The molecule has 0 aromatic heterocycles. The topological polar surface area (TPSA) is 54.4 Å². The lowest BCUT2D eigenvalue weighted by molar-refractivity contribution is -0.195. The first-order valence-corrected chi connectivity index (χ1v) is 2.88. The molecule has 0 saturated carbocycles. The first kappa shape index (κ1) is 12.9. The van der Waals surface area contributed by atoms with Crippen LogP contribution in [0, 0.1) is 0 Å². The average Bonchev–Trinajstić information content (AvgIpc) is 1.97. The fraction of sp³-hybridized carbons (Fsp3) is 0.600. The van der Waals surface area contributed by atoms with Crippen LogP contribution in [0.2, 0.25) is 0 Å². The van der Waals surface area contributed by atoms with E-state index < -0.39 is 30.0 Å². The summed E-state index contributed by atoms with van der Waals surface area (Å²) >= 11 is 0. The van der Waals surface area contributed by atoms with Crippen molar-refractivity contribution in [2.45, 2.75) is 18.5 Å². The SMILES string of the molecule is O=C(C(O)C(=O)C(F)(F)F)C(F)(F)F. The Labute approximate surface area is 72.3 Å². The van der Waals surface area contributed by atoms with Gasteiger partial charge in [0.05, 0.1) is 0 Å². The average molecular weight is 224 g/mol. The summed E-state index contributed by atoms with van der Waals surface area (Å²) in [6.07, 6.45) is -15.1. The van der Waals surface area contributed by atoms with E-state index in [0.29, 0.717) is 0 Å². The van der Waals surface area contributed by atoms with Gasteiger partial charge < -0.3 is 5.11 Å². The van der Waals surface area contributed by atoms with E-state index >= 15 is 0 Å². The first-order chi connectivity index (χ1) is 5.98. The quantitative estimate of drug-likeness (QED) is 0.552. The van der Waals surface area contributed by atoms with Crippen molar-refractivity contribution >= 4 is 11.6 Å². The number of carbonyl (C=O) groups excluding carboxylic acids is 2. The van der Waals surface area contributed by atoms with Gasteiger partial charge in [-0.2, -0.15) is 26.3 Å². The molecule has 0 aromatic carbocycles. The lowest BCUT2D eigenvalue weighted by Gasteiger charge is -2.12. The van der Waals surface area contributed by atoms with E-state index in [0.717, 1.165) is 0 Å². The smallest absolute Gasteiger partial charge is 0.377 e. The van der Waals surface area contributed by atoms with Crippen molar-refractivity contribution in [1.29, 1.82) is 0 Å². The van der Waals surface area contributed by atoms with E-state index in [1.807, 2.05) is 0 Å². The van der Waals surface area contributed by atoms with Gasteiger partial charge in [0.1, 0.15) is 0 Å². The Morgan fingerprint density at radius 3 is 1.21 bits per heavy atom. The maximum atomic E-state index is 11.4. The predicted octanol–water partition coefficient (Wildman–Crippen LogP) is 0.610. The molecule has 0 heterocycles. The number of carbonyl (C=O) groups is 2. The fourth-order valence-corrected chi connectivity index (χ4v) is 0.429. The number of rotatable bonds is 2. The number of alkyl halides is 6. The van der Waals surface area contributed by atoms with Gasteiger partial charge in [-0.1, -0.05) is 0 Å². The van der Waals surface area contributed by atoms with Gasteiger partial charge in [-0.3, -0.25) is 9.59 Å². The number of hydrogen-bond donors (Lipinski definition) is 1. The third-order valence-electron chi connectivity index (χ3n) is 1.06. The van der Waals surface area contributed by atoms with Gasteiger partial charge in [-0.25, -0.2) is 0 Å². The van der Waals surface area contributed by atoms with E-state index in [2.05, 4.69) is 0 Å². The highest BCUT2D eigenvalue weighted by Gasteiger charge is 2.52. The molecule has 0 radical (unpaired) electrons. The monoisotopic (exact) mass is 224 g/mol. The van der Waals surface area contributed by atoms with Crippen LogP contribution in [-0.2, 0) is 9.59 Å². The maximum absolute atomic E-state index is 11.4. The van der Waals surface area contributed by atoms with Crippen LogP contribution >= 0.6 is 0 Å². The lowest BCUT2D eigenvalue weighted by atomic mass is 10.1. The minimum atomic E-state index is -5.68. The van der Waals surface area contributed by atoms with Crippen LogP contribution in [-0.4, -0.2) is 35.1 Å². The molecule has 0 fully saturated rings. The summed E-state index contributed by atoms with van der Waals surface area (Å²) in [6, 6.07) is 0. The summed E-state index contributed by atoms with van der Waals surface area (Å²) in [5.74, 6) is -6.28. The molecule has 0 aliphatic rings. The second-order valence-electron chi connectivity index (χ2n) is 2.13. The van der Waals surface area contributed by atoms with Crippen molar-refractivity contribution in [1.82, 2.24) is 0 Å². The molecule has 0 amide bonds. The van der Waals surface area contributed by atoms with Crippen LogP contribution in [0.25, 0.3) is 0 Å². The highest BCUT2D eigenvalue weighted by Crippen LogP contribution is 2.23. The lowest BCUT2D eigenvalue weighted by Crippen LogP contribution is -2.45. The fourth-order valence-electron chi connectivity index (χ4n) is 0.429.